The van der Waals surface area contributed by atoms with Crippen LogP contribution in [0.4, 0.5) is 5.69 Å². The molecule has 11 heteroatoms. The van der Waals surface area contributed by atoms with Crippen LogP contribution in [0.1, 0.15) is 44.2 Å². The number of anilines is 1. The van der Waals surface area contributed by atoms with E-state index in [1.165, 1.54) is 11.0 Å². The fraction of sp³-hybridized carbons (Fsp3) is 0.440. The van der Waals surface area contributed by atoms with Crippen molar-refractivity contribution >= 4 is 62.3 Å². The minimum Gasteiger partial charge on any atom is -0.354 e. The molecule has 7 nitrogen and oxygen atoms in total. The minimum absolute atomic E-state index is 0.000790. The summed E-state index contributed by atoms with van der Waals surface area (Å²) < 4.78 is 26.3. The van der Waals surface area contributed by atoms with Crippen molar-refractivity contribution in [3.63, 3.8) is 0 Å². The van der Waals surface area contributed by atoms with Crippen LogP contribution in [0.15, 0.2) is 36.4 Å². The van der Waals surface area contributed by atoms with E-state index in [1.54, 1.807) is 44.2 Å². The summed E-state index contributed by atoms with van der Waals surface area (Å²) >= 11 is 18.6. The Hall–Kier alpha value is -2.00. The molecule has 0 radical (unpaired) electrons. The van der Waals surface area contributed by atoms with Gasteiger partial charge in [0.1, 0.15) is 12.6 Å². The van der Waals surface area contributed by atoms with Crippen molar-refractivity contribution in [3.8, 4) is 0 Å². The maximum atomic E-state index is 13.7. The molecule has 2 amide bonds. The van der Waals surface area contributed by atoms with E-state index in [1.807, 2.05) is 6.92 Å². The highest BCUT2D eigenvalue weighted by Crippen LogP contribution is 2.27. The number of nitrogens with one attached hydrogen (secondary N) is 1. The van der Waals surface area contributed by atoms with Crippen LogP contribution >= 0.6 is 34.8 Å². The van der Waals surface area contributed by atoms with Crippen LogP contribution in [0.2, 0.25) is 15.1 Å². The molecule has 2 aromatic carbocycles. The van der Waals surface area contributed by atoms with Gasteiger partial charge in [-0.2, -0.15) is 0 Å². The van der Waals surface area contributed by atoms with E-state index in [0.717, 1.165) is 29.0 Å². The van der Waals surface area contributed by atoms with Gasteiger partial charge in [-0.3, -0.25) is 13.9 Å². The average Bonchev–Trinajstić information content (AvgIpc) is 2.80. The lowest BCUT2D eigenvalue weighted by atomic mass is 10.1. The zero-order chi connectivity index (χ0) is 27.0. The van der Waals surface area contributed by atoms with Gasteiger partial charge in [0.2, 0.25) is 21.8 Å². The number of halogens is 3. The summed E-state index contributed by atoms with van der Waals surface area (Å²) in [6.45, 7) is 5.57. The molecular weight excluding hydrogens is 545 g/mol. The van der Waals surface area contributed by atoms with E-state index in [-0.39, 0.29) is 18.1 Å². The van der Waals surface area contributed by atoms with Gasteiger partial charge in [-0.25, -0.2) is 8.42 Å². The van der Waals surface area contributed by atoms with Gasteiger partial charge in [0, 0.05) is 28.2 Å². The predicted octanol–water partition coefficient (Wildman–Crippen LogP) is 5.44. The molecule has 2 aromatic rings. The summed E-state index contributed by atoms with van der Waals surface area (Å²) in [7, 11) is -3.85. The molecular formula is C25H32Cl3N3O4S. The number of nitrogens with zero attached hydrogens (tertiary/aromatic N) is 2. The second-order valence-corrected chi connectivity index (χ2v) is 11.7. The van der Waals surface area contributed by atoms with Crippen molar-refractivity contribution in [1.82, 2.24) is 10.2 Å². The third kappa shape index (κ3) is 8.26. The molecule has 0 heterocycles. The van der Waals surface area contributed by atoms with Crippen LogP contribution in [0, 0.1) is 6.92 Å². The SMILES string of the molecule is CCCCNC(=O)[C@@H](CC)N(Cc1ccc(Cl)cc1Cl)C(=O)CN(c1ccc(C)c(Cl)c1)S(C)(=O)=O. The Kier molecular flexibility index (Phi) is 11.3. The fourth-order valence-electron chi connectivity index (χ4n) is 3.61. The molecule has 0 saturated carbocycles. The number of hydrogen-bond donors (Lipinski definition) is 1. The van der Waals surface area contributed by atoms with Gasteiger partial charge in [-0.1, -0.05) is 67.2 Å². The first kappa shape index (κ1) is 30.2. The summed E-state index contributed by atoms with van der Waals surface area (Å²) in [5.41, 5.74) is 1.61. The maximum Gasteiger partial charge on any atom is 0.244 e. The second kappa shape index (κ2) is 13.5. The molecule has 0 aliphatic rings. The van der Waals surface area contributed by atoms with Crippen molar-refractivity contribution in [2.45, 2.75) is 52.6 Å². The van der Waals surface area contributed by atoms with Crippen LogP contribution in [0.5, 0.6) is 0 Å². The molecule has 0 unspecified atom stereocenters. The molecule has 0 aromatic heterocycles. The van der Waals surface area contributed by atoms with Crippen LogP contribution in [-0.4, -0.2) is 50.5 Å². The lowest BCUT2D eigenvalue weighted by Crippen LogP contribution is -2.52. The molecule has 1 atom stereocenters. The number of carbonyl (C=O) groups is 2. The second-order valence-electron chi connectivity index (χ2n) is 8.53. The topological polar surface area (TPSA) is 86.8 Å². The van der Waals surface area contributed by atoms with Gasteiger partial charge >= 0.3 is 0 Å². The Morgan fingerprint density at radius 3 is 2.28 bits per heavy atom. The number of rotatable bonds is 12. The highest BCUT2D eigenvalue weighted by Gasteiger charge is 2.32. The van der Waals surface area contributed by atoms with E-state index < -0.39 is 28.5 Å². The van der Waals surface area contributed by atoms with Crippen LogP contribution in [0.25, 0.3) is 0 Å². The number of unbranched alkanes of at least 4 members (excludes halogenated alkanes) is 1. The van der Waals surface area contributed by atoms with Crippen molar-refractivity contribution in [3.05, 3.63) is 62.6 Å². The van der Waals surface area contributed by atoms with E-state index in [4.69, 9.17) is 34.8 Å². The number of sulfonamides is 1. The lowest BCUT2D eigenvalue weighted by molar-refractivity contribution is -0.140. The highest BCUT2D eigenvalue weighted by atomic mass is 35.5. The van der Waals surface area contributed by atoms with Gasteiger partial charge in [0.15, 0.2) is 0 Å². The maximum absolute atomic E-state index is 13.7. The third-order valence-corrected chi connectivity index (χ3v) is 7.83. The molecule has 36 heavy (non-hydrogen) atoms. The average molecular weight is 577 g/mol. The first-order valence-corrected chi connectivity index (χ1v) is 14.6. The summed E-state index contributed by atoms with van der Waals surface area (Å²) in [6.07, 6.45) is 3.05. The monoisotopic (exact) mass is 575 g/mol. The van der Waals surface area contributed by atoms with Gasteiger partial charge in [0.05, 0.1) is 11.9 Å². The summed E-state index contributed by atoms with van der Waals surface area (Å²) in [5.74, 6) is -0.866. The first-order chi connectivity index (χ1) is 16.9. The Morgan fingerprint density at radius 1 is 1.03 bits per heavy atom. The Morgan fingerprint density at radius 2 is 1.72 bits per heavy atom. The number of hydrogen-bond acceptors (Lipinski definition) is 4. The van der Waals surface area contributed by atoms with Crippen molar-refractivity contribution in [2.24, 2.45) is 0 Å². The van der Waals surface area contributed by atoms with Crippen LogP contribution < -0.4 is 9.62 Å². The molecule has 198 valence electrons. The van der Waals surface area contributed by atoms with E-state index in [0.29, 0.717) is 33.6 Å². The fourth-order valence-corrected chi connectivity index (χ4v) is 5.09. The number of aryl methyl sites for hydroxylation is 1. The summed E-state index contributed by atoms with van der Waals surface area (Å²) in [4.78, 5) is 28.1. The van der Waals surface area contributed by atoms with Crippen LogP contribution in [-0.2, 0) is 26.2 Å². The Labute approximate surface area is 228 Å². The molecule has 1 N–H and O–H groups in total. The standard InChI is InChI=1S/C25H32Cl3N3O4S/c1-5-7-12-29-25(33)23(6-2)30(15-18-9-10-19(26)13-22(18)28)24(32)16-31(36(4,34)35)20-11-8-17(3)21(27)14-20/h8-11,13-14,23H,5-7,12,15-16H2,1-4H3,(H,29,33)/t23-/m1/s1. The zero-order valence-electron chi connectivity index (χ0n) is 20.9. The summed E-state index contributed by atoms with van der Waals surface area (Å²) in [5, 5.41) is 4.02. The number of carbonyl (C=O) groups excluding carboxylic acids is 2. The van der Waals surface area contributed by atoms with Gasteiger partial charge in [-0.15, -0.1) is 0 Å². The normalized spacial score (nSPS) is 12.2. The lowest BCUT2D eigenvalue weighted by Gasteiger charge is -2.33. The molecule has 0 aliphatic carbocycles. The smallest absolute Gasteiger partial charge is 0.244 e. The minimum atomic E-state index is -3.85. The van der Waals surface area contributed by atoms with Crippen LogP contribution in [0.3, 0.4) is 0 Å². The molecule has 0 bridgehead atoms. The molecule has 0 spiro atoms. The van der Waals surface area contributed by atoms with E-state index >= 15 is 0 Å². The Balaban J connectivity index is 2.46. The number of amides is 2. The molecule has 0 saturated heterocycles. The zero-order valence-corrected chi connectivity index (χ0v) is 23.9. The molecule has 0 aliphatic heterocycles. The van der Waals surface area contributed by atoms with Crippen molar-refractivity contribution < 1.29 is 18.0 Å². The largest absolute Gasteiger partial charge is 0.354 e. The Bertz CT molecular complexity index is 1190. The predicted molar refractivity (Wildman–Crippen MR) is 147 cm³/mol. The van der Waals surface area contributed by atoms with E-state index in [2.05, 4.69) is 5.32 Å². The molecule has 0 fully saturated rings. The van der Waals surface area contributed by atoms with Crippen molar-refractivity contribution in [1.29, 1.82) is 0 Å². The molecule has 2 rings (SSSR count). The quantitative estimate of drug-likeness (QED) is 0.341. The highest BCUT2D eigenvalue weighted by molar-refractivity contribution is 7.92. The third-order valence-electron chi connectivity index (χ3n) is 5.69. The van der Waals surface area contributed by atoms with Crippen molar-refractivity contribution in [2.75, 3.05) is 23.7 Å². The number of benzene rings is 2. The van der Waals surface area contributed by atoms with Gasteiger partial charge < -0.3 is 10.2 Å². The summed E-state index contributed by atoms with van der Waals surface area (Å²) in [6, 6.07) is 8.82. The van der Waals surface area contributed by atoms with Gasteiger partial charge in [0.25, 0.3) is 0 Å². The van der Waals surface area contributed by atoms with E-state index in [9.17, 15) is 18.0 Å². The van der Waals surface area contributed by atoms with Gasteiger partial charge in [-0.05, 0) is 55.2 Å². The first-order valence-electron chi connectivity index (χ1n) is 11.6.